The van der Waals surface area contributed by atoms with E-state index in [1.54, 1.807) is 7.11 Å². The van der Waals surface area contributed by atoms with Crippen molar-refractivity contribution in [1.29, 1.82) is 0 Å². The number of ether oxygens (including phenoxy) is 1. The SMILES string of the molecule is COCc1cccc(CNc2cc(=O)[nH]c(C3CC3)n2)c1. The van der Waals surface area contributed by atoms with Crippen molar-refractivity contribution in [2.45, 2.75) is 31.9 Å². The Morgan fingerprint density at radius 2 is 2.14 bits per heavy atom. The van der Waals surface area contributed by atoms with Crippen LogP contribution in [0.25, 0.3) is 0 Å². The molecule has 21 heavy (non-hydrogen) atoms. The van der Waals surface area contributed by atoms with E-state index < -0.39 is 0 Å². The third kappa shape index (κ3) is 3.70. The van der Waals surface area contributed by atoms with Gasteiger partial charge < -0.3 is 15.0 Å². The highest BCUT2D eigenvalue weighted by molar-refractivity contribution is 5.36. The molecule has 0 spiro atoms. The van der Waals surface area contributed by atoms with E-state index in [1.165, 1.54) is 6.07 Å². The van der Waals surface area contributed by atoms with Crippen LogP contribution in [-0.4, -0.2) is 17.1 Å². The summed E-state index contributed by atoms with van der Waals surface area (Å²) in [5.41, 5.74) is 2.18. The lowest BCUT2D eigenvalue weighted by atomic mass is 10.1. The molecule has 1 saturated carbocycles. The number of aromatic amines is 1. The molecule has 0 radical (unpaired) electrons. The second-order valence-corrected chi connectivity index (χ2v) is 5.40. The van der Waals surface area contributed by atoms with E-state index in [2.05, 4.69) is 21.4 Å². The molecule has 0 amide bonds. The molecule has 3 rings (SSSR count). The summed E-state index contributed by atoms with van der Waals surface area (Å²) in [5.74, 6) is 1.88. The van der Waals surface area contributed by atoms with Crippen LogP contribution in [0.15, 0.2) is 35.1 Å². The van der Waals surface area contributed by atoms with Crippen LogP contribution in [-0.2, 0) is 17.9 Å². The third-order valence-electron chi connectivity index (χ3n) is 3.50. The van der Waals surface area contributed by atoms with Crippen molar-refractivity contribution in [3.63, 3.8) is 0 Å². The molecule has 0 atom stereocenters. The minimum atomic E-state index is -0.0949. The van der Waals surface area contributed by atoms with Gasteiger partial charge in [0.2, 0.25) is 0 Å². The molecule has 0 unspecified atom stereocenters. The van der Waals surface area contributed by atoms with Gasteiger partial charge in [0, 0.05) is 25.6 Å². The van der Waals surface area contributed by atoms with Crippen molar-refractivity contribution < 1.29 is 4.74 Å². The van der Waals surface area contributed by atoms with Crippen LogP contribution in [0.3, 0.4) is 0 Å². The summed E-state index contributed by atoms with van der Waals surface area (Å²) >= 11 is 0. The van der Waals surface area contributed by atoms with Crippen LogP contribution in [0.1, 0.15) is 35.7 Å². The fourth-order valence-corrected chi connectivity index (χ4v) is 2.31. The van der Waals surface area contributed by atoms with Gasteiger partial charge in [-0.3, -0.25) is 4.79 Å². The Morgan fingerprint density at radius 1 is 1.33 bits per heavy atom. The van der Waals surface area contributed by atoms with Gasteiger partial charge in [-0.15, -0.1) is 0 Å². The molecule has 1 aliphatic rings. The van der Waals surface area contributed by atoms with E-state index in [0.29, 0.717) is 24.9 Å². The Labute approximate surface area is 123 Å². The Balaban J connectivity index is 1.69. The number of anilines is 1. The third-order valence-corrected chi connectivity index (χ3v) is 3.50. The van der Waals surface area contributed by atoms with E-state index in [0.717, 1.165) is 29.8 Å². The molecule has 2 N–H and O–H groups in total. The second-order valence-electron chi connectivity index (χ2n) is 5.40. The van der Waals surface area contributed by atoms with Crippen LogP contribution < -0.4 is 10.9 Å². The molecule has 0 saturated heterocycles. The summed E-state index contributed by atoms with van der Waals surface area (Å²) in [4.78, 5) is 18.9. The van der Waals surface area contributed by atoms with Crippen molar-refractivity contribution in [3.05, 3.63) is 57.6 Å². The number of aromatic nitrogens is 2. The largest absolute Gasteiger partial charge is 0.380 e. The van der Waals surface area contributed by atoms with Crippen molar-refractivity contribution in [3.8, 4) is 0 Å². The maximum Gasteiger partial charge on any atom is 0.252 e. The fourth-order valence-electron chi connectivity index (χ4n) is 2.31. The lowest BCUT2D eigenvalue weighted by Crippen LogP contribution is -2.13. The molecule has 5 heteroatoms. The first-order valence-electron chi connectivity index (χ1n) is 7.16. The lowest BCUT2D eigenvalue weighted by Gasteiger charge is -2.08. The Hall–Kier alpha value is -2.14. The van der Waals surface area contributed by atoms with Gasteiger partial charge in [0.1, 0.15) is 11.6 Å². The first-order valence-corrected chi connectivity index (χ1v) is 7.16. The minimum Gasteiger partial charge on any atom is -0.380 e. The van der Waals surface area contributed by atoms with Gasteiger partial charge in [-0.25, -0.2) is 4.98 Å². The predicted molar refractivity (Wildman–Crippen MR) is 81.3 cm³/mol. The maximum atomic E-state index is 11.6. The summed E-state index contributed by atoms with van der Waals surface area (Å²) in [6.07, 6.45) is 2.23. The number of benzene rings is 1. The van der Waals surface area contributed by atoms with E-state index in [-0.39, 0.29) is 5.56 Å². The standard InChI is InChI=1S/C16H19N3O2/c1-21-10-12-4-2-3-11(7-12)9-17-14-8-15(20)19-16(18-14)13-5-6-13/h2-4,7-8,13H,5-6,9-10H2,1H3,(H2,17,18,19,20). The Morgan fingerprint density at radius 3 is 2.90 bits per heavy atom. The zero-order chi connectivity index (χ0) is 14.7. The van der Waals surface area contributed by atoms with Crippen LogP contribution >= 0.6 is 0 Å². The average Bonchev–Trinajstić information content (AvgIpc) is 3.30. The van der Waals surface area contributed by atoms with Crippen LogP contribution in [0.2, 0.25) is 0 Å². The highest BCUT2D eigenvalue weighted by Crippen LogP contribution is 2.37. The van der Waals surface area contributed by atoms with Crippen molar-refractivity contribution in [1.82, 2.24) is 9.97 Å². The molecule has 110 valence electrons. The first-order chi connectivity index (χ1) is 10.2. The maximum absolute atomic E-state index is 11.6. The first kappa shape index (κ1) is 13.8. The summed E-state index contributed by atoms with van der Waals surface area (Å²) in [6, 6.07) is 9.67. The second kappa shape index (κ2) is 6.10. The number of nitrogens with zero attached hydrogens (tertiary/aromatic N) is 1. The number of hydrogen-bond donors (Lipinski definition) is 2. The molecule has 1 aromatic carbocycles. The number of rotatable bonds is 6. The number of methoxy groups -OCH3 is 1. The molecule has 5 nitrogen and oxygen atoms in total. The summed E-state index contributed by atoms with van der Waals surface area (Å²) < 4.78 is 5.13. The lowest BCUT2D eigenvalue weighted by molar-refractivity contribution is 0.185. The van der Waals surface area contributed by atoms with Crippen molar-refractivity contribution in [2.75, 3.05) is 12.4 Å². The number of H-pyrrole nitrogens is 1. The molecular formula is C16H19N3O2. The summed E-state index contributed by atoms with van der Waals surface area (Å²) in [7, 11) is 1.69. The van der Waals surface area contributed by atoms with Crippen LogP contribution in [0.4, 0.5) is 5.82 Å². The molecule has 1 aliphatic carbocycles. The normalized spacial score (nSPS) is 14.1. The Bertz CT molecular complexity index is 677. The quantitative estimate of drug-likeness (QED) is 0.855. The van der Waals surface area contributed by atoms with Gasteiger partial charge >= 0.3 is 0 Å². The number of hydrogen-bond acceptors (Lipinski definition) is 4. The molecule has 1 fully saturated rings. The number of nitrogens with one attached hydrogen (secondary N) is 2. The van der Waals surface area contributed by atoms with Gasteiger partial charge in [0.15, 0.2) is 0 Å². The topological polar surface area (TPSA) is 67.0 Å². The van der Waals surface area contributed by atoms with Gasteiger partial charge in [-0.05, 0) is 24.0 Å². The van der Waals surface area contributed by atoms with Crippen molar-refractivity contribution in [2.24, 2.45) is 0 Å². The molecule has 0 bridgehead atoms. The summed E-state index contributed by atoms with van der Waals surface area (Å²) in [5, 5.41) is 3.22. The zero-order valence-corrected chi connectivity index (χ0v) is 12.1. The highest BCUT2D eigenvalue weighted by Gasteiger charge is 2.26. The van der Waals surface area contributed by atoms with Gasteiger partial charge in [0.05, 0.1) is 6.61 Å². The van der Waals surface area contributed by atoms with Crippen LogP contribution in [0.5, 0.6) is 0 Å². The predicted octanol–water partition coefficient (Wildman–Crippen LogP) is 2.41. The van der Waals surface area contributed by atoms with Gasteiger partial charge in [-0.2, -0.15) is 0 Å². The smallest absolute Gasteiger partial charge is 0.252 e. The van der Waals surface area contributed by atoms with Gasteiger partial charge in [0.25, 0.3) is 5.56 Å². The minimum absolute atomic E-state index is 0.0949. The van der Waals surface area contributed by atoms with E-state index in [1.807, 2.05) is 18.2 Å². The monoisotopic (exact) mass is 285 g/mol. The van der Waals surface area contributed by atoms with E-state index in [4.69, 9.17) is 4.74 Å². The fraction of sp³-hybridized carbons (Fsp3) is 0.375. The molecular weight excluding hydrogens is 266 g/mol. The molecule has 0 aliphatic heterocycles. The van der Waals surface area contributed by atoms with Gasteiger partial charge in [-0.1, -0.05) is 24.3 Å². The zero-order valence-electron chi connectivity index (χ0n) is 12.1. The molecule has 1 heterocycles. The molecule has 1 aromatic heterocycles. The van der Waals surface area contributed by atoms with Crippen LogP contribution in [0, 0.1) is 0 Å². The van der Waals surface area contributed by atoms with E-state index in [9.17, 15) is 4.79 Å². The summed E-state index contributed by atoms with van der Waals surface area (Å²) in [6.45, 7) is 1.24. The van der Waals surface area contributed by atoms with Crippen molar-refractivity contribution >= 4 is 5.82 Å². The Kier molecular flexibility index (Phi) is 4.01. The molecule has 2 aromatic rings. The van der Waals surface area contributed by atoms with E-state index >= 15 is 0 Å². The highest BCUT2D eigenvalue weighted by atomic mass is 16.5. The average molecular weight is 285 g/mol.